The van der Waals surface area contributed by atoms with Crippen LogP contribution in [-0.4, -0.2) is 19.8 Å². The topological polar surface area (TPSA) is 35.2 Å². The lowest BCUT2D eigenvalue weighted by Crippen LogP contribution is -2.23. The van der Waals surface area contributed by atoms with Crippen molar-refractivity contribution in [2.24, 2.45) is 5.73 Å². The molecular weight excluding hydrogens is 273 g/mol. The van der Waals surface area contributed by atoms with Gasteiger partial charge < -0.3 is 10.5 Å². The fourth-order valence-electron chi connectivity index (χ4n) is 1.57. The highest BCUT2D eigenvalue weighted by molar-refractivity contribution is 9.10. The van der Waals surface area contributed by atoms with Crippen molar-refractivity contribution < 1.29 is 9.13 Å². The molecule has 0 aliphatic rings. The summed E-state index contributed by atoms with van der Waals surface area (Å²) < 4.78 is 19.2. The van der Waals surface area contributed by atoms with Gasteiger partial charge in [0.25, 0.3) is 0 Å². The van der Waals surface area contributed by atoms with Gasteiger partial charge in [-0.3, -0.25) is 0 Å². The molecule has 1 aromatic carbocycles. The van der Waals surface area contributed by atoms with Crippen LogP contribution in [0, 0.1) is 5.82 Å². The highest BCUT2D eigenvalue weighted by Gasteiger charge is 2.08. The van der Waals surface area contributed by atoms with Gasteiger partial charge in [-0.05, 0) is 43.0 Å². The molecule has 0 saturated heterocycles. The zero-order chi connectivity index (χ0) is 12.0. The summed E-state index contributed by atoms with van der Waals surface area (Å²) in [7, 11) is 1.67. The highest BCUT2D eigenvalue weighted by Crippen LogP contribution is 2.17. The Morgan fingerprint density at radius 3 is 2.94 bits per heavy atom. The second-order valence-corrected chi connectivity index (χ2v) is 4.75. The molecule has 0 bridgehead atoms. The number of halogens is 2. The molecule has 1 unspecified atom stereocenters. The van der Waals surface area contributed by atoms with Crippen LogP contribution in [0.5, 0.6) is 0 Å². The molecule has 2 nitrogen and oxygen atoms in total. The zero-order valence-corrected chi connectivity index (χ0v) is 11.0. The second-order valence-electron chi connectivity index (χ2n) is 3.83. The Kier molecular flexibility index (Phi) is 5.95. The maximum absolute atomic E-state index is 13.4. The monoisotopic (exact) mass is 289 g/mol. The minimum absolute atomic E-state index is 0.0149. The smallest absolute Gasteiger partial charge is 0.126 e. The normalized spacial score (nSPS) is 12.8. The van der Waals surface area contributed by atoms with Gasteiger partial charge in [0.2, 0.25) is 0 Å². The molecule has 2 N–H and O–H groups in total. The van der Waals surface area contributed by atoms with Crippen molar-refractivity contribution in [3.63, 3.8) is 0 Å². The first-order valence-corrected chi connectivity index (χ1v) is 6.11. The third-order valence-electron chi connectivity index (χ3n) is 2.41. The molecule has 0 aliphatic carbocycles. The van der Waals surface area contributed by atoms with E-state index in [0.29, 0.717) is 18.6 Å². The average Bonchev–Trinajstić information content (AvgIpc) is 2.24. The van der Waals surface area contributed by atoms with Gasteiger partial charge in [-0.2, -0.15) is 0 Å². The Balaban J connectivity index is 2.48. The minimum atomic E-state index is -0.189. The van der Waals surface area contributed by atoms with Crippen LogP contribution in [0.25, 0.3) is 0 Å². The number of rotatable bonds is 6. The SMILES string of the molecule is COCCCC(N)Cc1cc(Br)ccc1F. The number of benzene rings is 1. The van der Waals surface area contributed by atoms with Crippen LogP contribution >= 0.6 is 15.9 Å². The van der Waals surface area contributed by atoms with Crippen molar-refractivity contribution in [3.8, 4) is 0 Å². The molecule has 0 amide bonds. The Morgan fingerprint density at radius 2 is 2.25 bits per heavy atom. The van der Waals surface area contributed by atoms with Crippen molar-refractivity contribution in [2.45, 2.75) is 25.3 Å². The second kappa shape index (κ2) is 6.99. The van der Waals surface area contributed by atoms with E-state index in [1.807, 2.05) is 0 Å². The zero-order valence-electron chi connectivity index (χ0n) is 9.38. The van der Waals surface area contributed by atoms with E-state index < -0.39 is 0 Å². The predicted molar refractivity (Wildman–Crippen MR) is 66.9 cm³/mol. The van der Waals surface area contributed by atoms with E-state index in [1.165, 1.54) is 6.07 Å². The maximum Gasteiger partial charge on any atom is 0.126 e. The molecule has 90 valence electrons. The lowest BCUT2D eigenvalue weighted by Gasteiger charge is -2.12. The molecule has 0 saturated carbocycles. The van der Waals surface area contributed by atoms with Crippen LogP contribution < -0.4 is 5.73 Å². The van der Waals surface area contributed by atoms with Crippen LogP contribution in [0.1, 0.15) is 18.4 Å². The van der Waals surface area contributed by atoms with E-state index in [9.17, 15) is 4.39 Å². The summed E-state index contributed by atoms with van der Waals surface area (Å²) in [6.07, 6.45) is 2.32. The van der Waals surface area contributed by atoms with Crippen molar-refractivity contribution in [2.75, 3.05) is 13.7 Å². The summed E-state index contributed by atoms with van der Waals surface area (Å²) in [4.78, 5) is 0. The van der Waals surface area contributed by atoms with E-state index in [2.05, 4.69) is 15.9 Å². The Morgan fingerprint density at radius 1 is 1.50 bits per heavy atom. The van der Waals surface area contributed by atoms with Gasteiger partial charge in [-0.25, -0.2) is 4.39 Å². The van der Waals surface area contributed by atoms with E-state index in [0.717, 1.165) is 17.3 Å². The molecular formula is C12H17BrFNO. The summed E-state index contributed by atoms with van der Waals surface area (Å²) in [5.74, 6) is -0.189. The van der Waals surface area contributed by atoms with Gasteiger partial charge in [-0.15, -0.1) is 0 Å². The first kappa shape index (κ1) is 13.6. The van der Waals surface area contributed by atoms with Crippen molar-refractivity contribution in [3.05, 3.63) is 34.1 Å². The maximum atomic E-state index is 13.4. The van der Waals surface area contributed by atoms with E-state index in [1.54, 1.807) is 19.2 Å². The largest absolute Gasteiger partial charge is 0.385 e. The fraction of sp³-hybridized carbons (Fsp3) is 0.500. The summed E-state index contributed by atoms with van der Waals surface area (Å²) >= 11 is 3.32. The summed E-state index contributed by atoms with van der Waals surface area (Å²) in [5.41, 5.74) is 6.59. The molecule has 1 aromatic rings. The minimum Gasteiger partial charge on any atom is -0.385 e. The molecule has 0 heterocycles. The van der Waals surface area contributed by atoms with Crippen molar-refractivity contribution in [1.29, 1.82) is 0 Å². The number of methoxy groups -OCH3 is 1. The van der Waals surface area contributed by atoms with Crippen LogP contribution in [0.4, 0.5) is 4.39 Å². The van der Waals surface area contributed by atoms with Gasteiger partial charge in [0.05, 0.1) is 0 Å². The van der Waals surface area contributed by atoms with E-state index in [-0.39, 0.29) is 11.9 Å². The van der Waals surface area contributed by atoms with Gasteiger partial charge in [-0.1, -0.05) is 15.9 Å². The number of hydrogen-bond acceptors (Lipinski definition) is 2. The molecule has 16 heavy (non-hydrogen) atoms. The summed E-state index contributed by atoms with van der Waals surface area (Å²) in [6, 6.07) is 4.92. The number of hydrogen-bond donors (Lipinski definition) is 1. The molecule has 1 atom stereocenters. The average molecular weight is 290 g/mol. The Labute approximate surface area is 104 Å². The van der Waals surface area contributed by atoms with Crippen molar-refractivity contribution >= 4 is 15.9 Å². The Hall–Kier alpha value is -0.450. The highest BCUT2D eigenvalue weighted by atomic mass is 79.9. The van der Waals surface area contributed by atoms with Crippen molar-refractivity contribution in [1.82, 2.24) is 0 Å². The summed E-state index contributed by atoms with van der Waals surface area (Å²) in [6.45, 7) is 0.703. The van der Waals surface area contributed by atoms with Crippen LogP contribution in [0.3, 0.4) is 0 Å². The molecule has 0 aliphatic heterocycles. The Bertz CT molecular complexity index is 333. The lowest BCUT2D eigenvalue weighted by molar-refractivity contribution is 0.190. The third-order valence-corrected chi connectivity index (χ3v) is 2.91. The van der Waals surface area contributed by atoms with Gasteiger partial charge >= 0.3 is 0 Å². The van der Waals surface area contributed by atoms with Gasteiger partial charge in [0, 0.05) is 24.2 Å². The van der Waals surface area contributed by atoms with Crippen LogP contribution in [0.2, 0.25) is 0 Å². The van der Waals surface area contributed by atoms with Crippen LogP contribution in [0.15, 0.2) is 22.7 Å². The third kappa shape index (κ3) is 4.60. The molecule has 0 spiro atoms. The van der Waals surface area contributed by atoms with Gasteiger partial charge in [0.1, 0.15) is 5.82 Å². The predicted octanol–water partition coefficient (Wildman–Crippen LogP) is 2.88. The van der Waals surface area contributed by atoms with Gasteiger partial charge in [0.15, 0.2) is 0 Å². The molecule has 0 fully saturated rings. The standard InChI is InChI=1S/C12H17BrFNO/c1-16-6-2-3-11(15)8-9-7-10(13)4-5-12(9)14/h4-5,7,11H,2-3,6,8,15H2,1H3. The first-order valence-electron chi connectivity index (χ1n) is 5.32. The molecule has 4 heteroatoms. The van der Waals surface area contributed by atoms with E-state index in [4.69, 9.17) is 10.5 Å². The quantitative estimate of drug-likeness (QED) is 0.818. The van der Waals surface area contributed by atoms with Crippen LogP contribution in [-0.2, 0) is 11.2 Å². The molecule has 1 rings (SSSR count). The number of nitrogens with two attached hydrogens (primary N) is 1. The first-order chi connectivity index (χ1) is 7.63. The fourth-order valence-corrected chi connectivity index (χ4v) is 1.98. The van der Waals surface area contributed by atoms with E-state index >= 15 is 0 Å². The molecule has 0 radical (unpaired) electrons. The molecule has 0 aromatic heterocycles. The number of ether oxygens (including phenoxy) is 1. The lowest BCUT2D eigenvalue weighted by atomic mass is 10.0. The summed E-state index contributed by atoms with van der Waals surface area (Å²) in [5, 5.41) is 0.